The molecule has 0 aliphatic rings. The smallest absolute Gasteiger partial charge is 0.180 e. The van der Waals surface area contributed by atoms with Gasteiger partial charge in [-0.2, -0.15) is 9.61 Å². The lowest BCUT2D eigenvalue weighted by Gasteiger charge is -2.11. The number of hydrogen-bond donors (Lipinski definition) is 2. The average molecular weight is 439 g/mol. The summed E-state index contributed by atoms with van der Waals surface area (Å²) in [5.74, 6) is 1.62. The highest BCUT2D eigenvalue weighted by Crippen LogP contribution is 2.30. The Hall–Kier alpha value is -4.07. The van der Waals surface area contributed by atoms with Crippen LogP contribution in [0, 0.1) is 6.92 Å². The van der Waals surface area contributed by atoms with Gasteiger partial charge < -0.3 is 5.32 Å². The molecule has 2 N–H and O–H groups in total. The number of benzene rings is 2. The first-order chi connectivity index (χ1) is 16.2. The molecule has 2 aromatic carbocycles. The molecule has 0 fully saturated rings. The van der Waals surface area contributed by atoms with Crippen LogP contribution in [0.25, 0.3) is 28.2 Å². The van der Waals surface area contributed by atoms with E-state index in [9.17, 15) is 0 Å². The second-order valence-corrected chi connectivity index (χ2v) is 7.99. The number of tetrazole rings is 1. The first-order valence-electron chi connectivity index (χ1n) is 11.2. The van der Waals surface area contributed by atoms with Crippen molar-refractivity contribution in [2.24, 2.45) is 0 Å². The van der Waals surface area contributed by atoms with Crippen molar-refractivity contribution in [3.8, 4) is 22.5 Å². The zero-order valence-electron chi connectivity index (χ0n) is 19.0. The lowest BCUT2D eigenvalue weighted by molar-refractivity contribution is 0.868. The minimum atomic E-state index is 0.658. The summed E-state index contributed by atoms with van der Waals surface area (Å²) in [6, 6.07) is 18.7. The van der Waals surface area contributed by atoms with Crippen molar-refractivity contribution in [1.82, 2.24) is 35.2 Å². The highest BCUT2D eigenvalue weighted by atomic mass is 15.5. The molecule has 0 bridgehead atoms. The number of fused-ring (bicyclic) bond motifs is 1. The highest BCUT2D eigenvalue weighted by Gasteiger charge is 2.14. The summed E-state index contributed by atoms with van der Waals surface area (Å²) >= 11 is 0. The van der Waals surface area contributed by atoms with Gasteiger partial charge in [0.15, 0.2) is 11.5 Å². The fourth-order valence-corrected chi connectivity index (χ4v) is 4.07. The Kier molecular flexibility index (Phi) is 5.56. The van der Waals surface area contributed by atoms with E-state index in [0.717, 1.165) is 57.9 Å². The van der Waals surface area contributed by atoms with E-state index in [2.05, 4.69) is 83.1 Å². The molecule has 0 saturated carbocycles. The lowest BCUT2D eigenvalue weighted by Crippen LogP contribution is -2.07. The summed E-state index contributed by atoms with van der Waals surface area (Å²) in [6.45, 7) is 7.04. The van der Waals surface area contributed by atoms with Gasteiger partial charge in [0.1, 0.15) is 5.82 Å². The molecule has 5 rings (SSSR count). The Labute approximate surface area is 192 Å². The third-order valence-electron chi connectivity index (χ3n) is 5.93. The summed E-state index contributed by atoms with van der Waals surface area (Å²) in [7, 11) is 0. The molecule has 0 aliphatic heterocycles. The van der Waals surface area contributed by atoms with Crippen molar-refractivity contribution in [3.05, 3.63) is 77.1 Å². The largest absolute Gasteiger partial charge is 0.366 e. The molecule has 0 aliphatic carbocycles. The Bertz CT molecular complexity index is 1380. The van der Waals surface area contributed by atoms with Crippen LogP contribution < -0.4 is 5.32 Å². The van der Waals surface area contributed by atoms with Crippen molar-refractivity contribution in [1.29, 1.82) is 0 Å². The summed E-state index contributed by atoms with van der Waals surface area (Å²) in [6.07, 6.45) is 1.77. The number of H-pyrrole nitrogens is 1. The molecule has 0 spiro atoms. The van der Waals surface area contributed by atoms with Gasteiger partial charge in [0.25, 0.3) is 0 Å². The summed E-state index contributed by atoms with van der Waals surface area (Å²) in [5, 5.41) is 22.7. The van der Waals surface area contributed by atoms with Gasteiger partial charge >= 0.3 is 0 Å². The topological polar surface area (TPSA) is 96.7 Å². The molecule has 0 radical (unpaired) electrons. The minimum Gasteiger partial charge on any atom is -0.366 e. The molecule has 3 aromatic heterocycles. The zero-order chi connectivity index (χ0) is 22.8. The first-order valence-corrected chi connectivity index (χ1v) is 11.2. The quantitative estimate of drug-likeness (QED) is 0.385. The SMILES string of the molecule is CCc1cc(NCc2ccc(-c3ccccc3-c3nnn[nH]3)cc2)n2nc(CC)c(C)c2n1. The zero-order valence-corrected chi connectivity index (χ0v) is 19.0. The van der Waals surface area contributed by atoms with Gasteiger partial charge in [-0.05, 0) is 46.9 Å². The van der Waals surface area contributed by atoms with Crippen molar-refractivity contribution in [2.75, 3.05) is 5.32 Å². The molecule has 166 valence electrons. The van der Waals surface area contributed by atoms with E-state index >= 15 is 0 Å². The predicted octanol–water partition coefficient (Wildman–Crippen LogP) is 4.62. The normalized spacial score (nSPS) is 11.2. The van der Waals surface area contributed by atoms with Crippen LogP contribution in [0.15, 0.2) is 54.6 Å². The molecule has 5 aromatic rings. The number of nitrogens with one attached hydrogen (secondary N) is 2. The van der Waals surface area contributed by atoms with E-state index in [4.69, 9.17) is 10.1 Å². The molecule has 0 saturated heterocycles. The highest BCUT2D eigenvalue weighted by molar-refractivity contribution is 5.80. The van der Waals surface area contributed by atoms with Gasteiger partial charge in [0, 0.05) is 29.4 Å². The van der Waals surface area contributed by atoms with Gasteiger partial charge in [-0.1, -0.05) is 62.4 Å². The van der Waals surface area contributed by atoms with Crippen LogP contribution in [-0.2, 0) is 19.4 Å². The van der Waals surface area contributed by atoms with Gasteiger partial charge in [-0.15, -0.1) is 5.10 Å². The number of aryl methyl sites for hydroxylation is 3. The molecule has 8 nitrogen and oxygen atoms in total. The second kappa shape index (κ2) is 8.82. The molecule has 0 unspecified atom stereocenters. The van der Waals surface area contributed by atoms with Crippen molar-refractivity contribution in [2.45, 2.75) is 40.2 Å². The third kappa shape index (κ3) is 3.95. The molecule has 0 atom stereocenters. The van der Waals surface area contributed by atoms with E-state index < -0.39 is 0 Å². The van der Waals surface area contributed by atoms with Crippen LogP contribution in [0.5, 0.6) is 0 Å². The number of nitrogens with zero attached hydrogens (tertiary/aromatic N) is 6. The summed E-state index contributed by atoms with van der Waals surface area (Å²) in [5.41, 5.74) is 8.58. The third-order valence-corrected chi connectivity index (χ3v) is 5.93. The van der Waals surface area contributed by atoms with Crippen molar-refractivity contribution < 1.29 is 0 Å². The number of hydrogen-bond acceptors (Lipinski definition) is 6. The molecular formula is C25H26N8. The van der Waals surface area contributed by atoms with Gasteiger partial charge in [-0.3, -0.25) is 0 Å². The van der Waals surface area contributed by atoms with Crippen LogP contribution in [0.2, 0.25) is 0 Å². The van der Waals surface area contributed by atoms with Crippen LogP contribution in [0.3, 0.4) is 0 Å². The van der Waals surface area contributed by atoms with Crippen LogP contribution in [0.4, 0.5) is 5.82 Å². The average Bonchev–Trinajstić information content (AvgIpc) is 3.51. The maximum Gasteiger partial charge on any atom is 0.180 e. The van der Waals surface area contributed by atoms with Crippen molar-refractivity contribution in [3.63, 3.8) is 0 Å². The Morgan fingerprint density at radius 3 is 2.45 bits per heavy atom. The molecule has 33 heavy (non-hydrogen) atoms. The van der Waals surface area contributed by atoms with Crippen LogP contribution in [0.1, 0.15) is 36.4 Å². The second-order valence-electron chi connectivity index (χ2n) is 7.99. The fraction of sp³-hybridized carbons (Fsp3) is 0.240. The van der Waals surface area contributed by atoms with Gasteiger partial charge in [-0.25, -0.2) is 10.1 Å². The summed E-state index contributed by atoms with van der Waals surface area (Å²) < 4.78 is 1.93. The number of aromatic amines is 1. The van der Waals surface area contributed by atoms with E-state index in [-0.39, 0.29) is 0 Å². The minimum absolute atomic E-state index is 0.658. The lowest BCUT2D eigenvalue weighted by atomic mass is 9.98. The van der Waals surface area contributed by atoms with E-state index in [1.807, 2.05) is 22.7 Å². The molecule has 0 amide bonds. The Balaban J connectivity index is 1.40. The van der Waals surface area contributed by atoms with E-state index in [1.54, 1.807) is 0 Å². The van der Waals surface area contributed by atoms with Crippen LogP contribution >= 0.6 is 0 Å². The fourth-order valence-electron chi connectivity index (χ4n) is 4.07. The standard InChI is InChI=1S/C25H26N8/c1-4-19-14-23(33-25(27-19)16(3)22(5-2)30-33)26-15-17-10-12-18(13-11-17)20-8-6-7-9-21(20)24-28-31-32-29-24/h6-14,26H,4-5,15H2,1-3H3,(H,28,29,31,32). The summed E-state index contributed by atoms with van der Waals surface area (Å²) in [4.78, 5) is 4.80. The maximum atomic E-state index is 4.80. The first kappa shape index (κ1) is 20.8. The van der Waals surface area contributed by atoms with E-state index in [0.29, 0.717) is 12.4 Å². The number of rotatable bonds is 7. The number of aromatic nitrogens is 7. The van der Waals surface area contributed by atoms with Crippen molar-refractivity contribution >= 4 is 11.5 Å². The Morgan fingerprint density at radius 2 is 1.76 bits per heavy atom. The van der Waals surface area contributed by atoms with Crippen LogP contribution in [-0.4, -0.2) is 35.2 Å². The molecular weight excluding hydrogens is 412 g/mol. The van der Waals surface area contributed by atoms with E-state index in [1.165, 1.54) is 5.56 Å². The molecule has 8 heteroatoms. The van der Waals surface area contributed by atoms with Gasteiger partial charge in [0.2, 0.25) is 0 Å². The molecule has 3 heterocycles. The Morgan fingerprint density at radius 1 is 0.970 bits per heavy atom. The van der Waals surface area contributed by atoms with Gasteiger partial charge in [0.05, 0.1) is 5.69 Å². The predicted molar refractivity (Wildman–Crippen MR) is 129 cm³/mol. The maximum absolute atomic E-state index is 4.80. The number of anilines is 1. The monoisotopic (exact) mass is 438 g/mol.